The van der Waals surface area contributed by atoms with Crippen LogP contribution in [0.4, 0.5) is 0 Å². The lowest BCUT2D eigenvalue weighted by Crippen LogP contribution is -2.09. The van der Waals surface area contributed by atoms with Gasteiger partial charge >= 0.3 is 0 Å². The number of benzene rings is 1. The summed E-state index contributed by atoms with van der Waals surface area (Å²) < 4.78 is 21.6. The third-order valence-electron chi connectivity index (χ3n) is 2.59. The molecule has 6 nitrogen and oxygen atoms in total. The summed E-state index contributed by atoms with van der Waals surface area (Å²) in [6.45, 7) is 1.57. The molecule has 0 radical (unpaired) electrons. The molecule has 98 valence electrons. The lowest BCUT2D eigenvalue weighted by atomic mass is 10.3. The van der Waals surface area contributed by atoms with Crippen LogP contribution in [0.5, 0.6) is 17.2 Å². The number of para-hydroxylation sites is 1. The van der Waals surface area contributed by atoms with Crippen LogP contribution in [0.25, 0.3) is 0 Å². The minimum atomic E-state index is -0.297. The molecule has 2 aliphatic rings. The Balaban J connectivity index is 1.70. The first-order chi connectivity index (χ1) is 8.86. The highest BCUT2D eigenvalue weighted by Gasteiger charge is 2.28. The van der Waals surface area contributed by atoms with Gasteiger partial charge in [-0.3, -0.25) is 0 Å². The van der Waals surface area contributed by atoms with Crippen LogP contribution < -0.4 is 14.2 Å². The molecule has 0 aliphatic carbocycles. The summed E-state index contributed by atoms with van der Waals surface area (Å²) in [7, 11) is 1.58. The maximum atomic E-state index is 5.64. The molecular formula is C12H14O6. The van der Waals surface area contributed by atoms with Gasteiger partial charge in [0.15, 0.2) is 11.5 Å². The molecule has 18 heavy (non-hydrogen) atoms. The van der Waals surface area contributed by atoms with E-state index >= 15 is 0 Å². The Hall–Kier alpha value is -1.50. The molecule has 2 aliphatic heterocycles. The highest BCUT2D eigenvalue weighted by molar-refractivity contribution is 5.51. The third kappa shape index (κ3) is 2.84. The van der Waals surface area contributed by atoms with Crippen LogP contribution in [0.1, 0.15) is 0 Å². The summed E-state index contributed by atoms with van der Waals surface area (Å²) in [4.78, 5) is 9.25. The molecule has 0 spiro atoms. The van der Waals surface area contributed by atoms with Gasteiger partial charge in [0, 0.05) is 0 Å². The maximum absolute atomic E-state index is 5.64. The molecular weight excluding hydrogens is 240 g/mol. The van der Waals surface area contributed by atoms with E-state index in [1.54, 1.807) is 7.11 Å². The predicted octanol–water partition coefficient (Wildman–Crippen LogP) is 1.14. The highest BCUT2D eigenvalue weighted by Crippen LogP contribution is 2.38. The van der Waals surface area contributed by atoms with Gasteiger partial charge in [0.05, 0.1) is 13.7 Å². The largest absolute Gasteiger partial charge is 0.493 e. The molecule has 1 unspecified atom stereocenters. The minimum Gasteiger partial charge on any atom is -0.493 e. The number of hydrogen-bond acceptors (Lipinski definition) is 6. The van der Waals surface area contributed by atoms with Crippen molar-refractivity contribution < 1.29 is 28.7 Å². The van der Waals surface area contributed by atoms with E-state index in [9.17, 15) is 0 Å². The monoisotopic (exact) mass is 254 g/mol. The Morgan fingerprint density at radius 2 is 1.94 bits per heavy atom. The van der Waals surface area contributed by atoms with Gasteiger partial charge in [-0.05, 0) is 12.1 Å². The van der Waals surface area contributed by atoms with Gasteiger partial charge < -0.3 is 18.9 Å². The number of epoxide rings is 1. The standard InChI is InChI=1S/C12H14O6/c1-13-9-3-2-4-10(15-6-8-5-14-8)12(9)16-7-11-17-18-11/h2-4,8,11H,5-7H2,1H3. The van der Waals surface area contributed by atoms with Crippen molar-refractivity contribution in [3.05, 3.63) is 18.2 Å². The van der Waals surface area contributed by atoms with Crippen molar-refractivity contribution in [2.45, 2.75) is 12.4 Å². The van der Waals surface area contributed by atoms with Crippen molar-refractivity contribution in [3.8, 4) is 17.2 Å². The molecule has 0 N–H and O–H groups in total. The molecule has 2 fully saturated rings. The van der Waals surface area contributed by atoms with Gasteiger partial charge in [-0.2, -0.15) is 9.78 Å². The number of hydrogen-bond donors (Lipinski definition) is 0. The van der Waals surface area contributed by atoms with Gasteiger partial charge in [-0.15, -0.1) is 0 Å². The minimum absolute atomic E-state index is 0.194. The van der Waals surface area contributed by atoms with Gasteiger partial charge in [0.1, 0.15) is 19.3 Å². The van der Waals surface area contributed by atoms with Gasteiger partial charge in [-0.1, -0.05) is 6.07 Å². The van der Waals surface area contributed by atoms with Crippen molar-refractivity contribution in [1.29, 1.82) is 0 Å². The second-order valence-corrected chi connectivity index (χ2v) is 3.99. The van der Waals surface area contributed by atoms with E-state index in [2.05, 4.69) is 9.78 Å². The van der Waals surface area contributed by atoms with E-state index < -0.39 is 0 Å². The molecule has 6 heteroatoms. The second-order valence-electron chi connectivity index (χ2n) is 3.99. The lowest BCUT2D eigenvalue weighted by Gasteiger charge is -2.14. The van der Waals surface area contributed by atoms with E-state index in [4.69, 9.17) is 18.9 Å². The molecule has 2 heterocycles. The predicted molar refractivity (Wildman–Crippen MR) is 59.7 cm³/mol. The zero-order valence-electron chi connectivity index (χ0n) is 9.96. The van der Waals surface area contributed by atoms with Crippen molar-refractivity contribution in [3.63, 3.8) is 0 Å². The Bertz CT molecular complexity index is 413. The van der Waals surface area contributed by atoms with Crippen molar-refractivity contribution >= 4 is 0 Å². The van der Waals surface area contributed by atoms with E-state index in [0.29, 0.717) is 30.5 Å². The molecule has 0 bridgehead atoms. The average Bonchev–Trinajstić information content (AvgIpc) is 3.28. The zero-order valence-corrected chi connectivity index (χ0v) is 9.96. The first-order valence-corrected chi connectivity index (χ1v) is 5.73. The van der Waals surface area contributed by atoms with Gasteiger partial charge in [-0.25, -0.2) is 0 Å². The average molecular weight is 254 g/mol. The summed E-state index contributed by atoms with van der Waals surface area (Å²) in [6, 6.07) is 5.48. The summed E-state index contributed by atoms with van der Waals surface area (Å²) in [5.74, 6) is 1.80. The maximum Gasteiger partial charge on any atom is 0.258 e. The Labute approximate surface area is 104 Å². The highest BCUT2D eigenvalue weighted by atomic mass is 17.4. The molecule has 1 aromatic rings. The third-order valence-corrected chi connectivity index (χ3v) is 2.59. The molecule has 2 saturated heterocycles. The fraction of sp³-hybridized carbons (Fsp3) is 0.500. The Morgan fingerprint density at radius 3 is 2.61 bits per heavy atom. The fourth-order valence-electron chi connectivity index (χ4n) is 1.51. The summed E-state index contributed by atoms with van der Waals surface area (Å²) in [5.41, 5.74) is 0. The Morgan fingerprint density at radius 1 is 1.17 bits per heavy atom. The number of ether oxygens (including phenoxy) is 4. The quantitative estimate of drug-likeness (QED) is 0.537. The van der Waals surface area contributed by atoms with Crippen LogP contribution in [-0.2, 0) is 14.5 Å². The van der Waals surface area contributed by atoms with Crippen LogP contribution in [-0.4, -0.2) is 39.3 Å². The molecule has 3 rings (SSSR count). The normalized spacial score (nSPS) is 21.5. The Kier molecular flexibility index (Phi) is 3.22. The van der Waals surface area contributed by atoms with E-state index in [1.807, 2.05) is 18.2 Å². The number of methoxy groups -OCH3 is 1. The van der Waals surface area contributed by atoms with Gasteiger partial charge in [0.25, 0.3) is 6.29 Å². The summed E-state index contributed by atoms with van der Waals surface area (Å²) in [6.07, 6.45) is -0.103. The number of rotatable bonds is 7. The summed E-state index contributed by atoms with van der Waals surface area (Å²) in [5, 5.41) is 0. The van der Waals surface area contributed by atoms with Crippen LogP contribution in [0.3, 0.4) is 0 Å². The SMILES string of the molecule is COc1cccc(OCC2CO2)c1OCC1OO1. The van der Waals surface area contributed by atoms with E-state index in [0.717, 1.165) is 6.61 Å². The molecule has 0 aromatic heterocycles. The zero-order chi connectivity index (χ0) is 12.4. The van der Waals surface area contributed by atoms with E-state index in [-0.39, 0.29) is 12.4 Å². The van der Waals surface area contributed by atoms with E-state index in [1.165, 1.54) is 0 Å². The smallest absolute Gasteiger partial charge is 0.258 e. The van der Waals surface area contributed by atoms with Crippen molar-refractivity contribution in [1.82, 2.24) is 0 Å². The first kappa shape index (κ1) is 11.6. The van der Waals surface area contributed by atoms with Crippen molar-refractivity contribution in [2.75, 3.05) is 26.9 Å². The summed E-state index contributed by atoms with van der Waals surface area (Å²) >= 11 is 0. The second kappa shape index (κ2) is 5.01. The topological polar surface area (TPSA) is 65.3 Å². The van der Waals surface area contributed by atoms with Crippen LogP contribution in [0.15, 0.2) is 18.2 Å². The lowest BCUT2D eigenvalue weighted by molar-refractivity contribution is 0.0850. The first-order valence-electron chi connectivity index (χ1n) is 5.73. The molecule has 1 aromatic carbocycles. The molecule has 1 atom stereocenters. The van der Waals surface area contributed by atoms with Crippen LogP contribution in [0, 0.1) is 0 Å². The molecule has 0 saturated carbocycles. The van der Waals surface area contributed by atoms with Crippen LogP contribution in [0.2, 0.25) is 0 Å². The molecule has 0 amide bonds. The van der Waals surface area contributed by atoms with Crippen molar-refractivity contribution in [2.24, 2.45) is 0 Å². The van der Waals surface area contributed by atoms with Gasteiger partial charge in [0.2, 0.25) is 5.75 Å². The fourth-order valence-corrected chi connectivity index (χ4v) is 1.51. The van der Waals surface area contributed by atoms with Crippen LogP contribution >= 0.6 is 0 Å².